The first-order valence-electron chi connectivity index (χ1n) is 36.1. The molecule has 266 valence electrons. The molecule has 0 amide bonds. The van der Waals surface area contributed by atoms with Crippen molar-refractivity contribution in [1.29, 1.82) is 0 Å². The van der Waals surface area contributed by atoms with Crippen LogP contribution < -0.4 is 9.80 Å². The fourth-order valence-electron chi connectivity index (χ4n) is 5.93. The van der Waals surface area contributed by atoms with Crippen molar-refractivity contribution in [2.24, 2.45) is 0 Å². The van der Waals surface area contributed by atoms with Crippen LogP contribution in [0.5, 0.6) is 0 Å². The number of hydrogen-bond donors (Lipinski definition) is 0. The molecule has 1 aliphatic heterocycles. The Labute approximate surface area is 385 Å². The maximum absolute atomic E-state index is 10.5. The highest BCUT2D eigenvalue weighted by Gasteiger charge is 2.33. The molecule has 2 heteroatoms. The predicted octanol–water partition coefficient (Wildman–Crippen LogP) is 15.2. The van der Waals surface area contributed by atoms with Crippen LogP contribution >= 0.6 is 0 Å². The highest BCUT2D eigenvalue weighted by molar-refractivity contribution is 6.07. The van der Waals surface area contributed by atoms with Crippen molar-refractivity contribution >= 4 is 44.9 Å². The van der Waals surface area contributed by atoms with E-state index in [2.05, 4.69) is 0 Å². The lowest BCUT2D eigenvalue weighted by atomic mass is 9.81. The molecule has 0 aromatic heterocycles. The van der Waals surface area contributed by atoms with Crippen LogP contribution in [0.25, 0.3) is 44.2 Å². The predicted molar refractivity (Wildman–Crippen MR) is 237 cm³/mol. The van der Waals surface area contributed by atoms with E-state index in [1.165, 1.54) is 0 Å². The van der Waals surface area contributed by atoms with Crippen molar-refractivity contribution in [2.45, 2.75) is 12.7 Å². The van der Waals surface area contributed by atoms with Gasteiger partial charge in [0.1, 0.15) is 0 Å². The van der Waals surface area contributed by atoms with Gasteiger partial charge in [0.05, 0.1) is 60.7 Å². The third-order valence-electron chi connectivity index (χ3n) is 8.30. The molecule has 2 nitrogen and oxygen atoms in total. The quantitative estimate of drug-likeness (QED) is 0.160. The number of anilines is 6. The van der Waals surface area contributed by atoms with Crippen LogP contribution in [0, 0.1) is 0 Å². The van der Waals surface area contributed by atoms with Gasteiger partial charge in [-0.2, -0.15) is 0 Å². The second kappa shape index (κ2) is 14.2. The van der Waals surface area contributed by atoms with E-state index in [-0.39, 0.29) is 4.90 Å². The summed E-state index contributed by atoms with van der Waals surface area (Å²) in [5.74, 6) is -4.02. The summed E-state index contributed by atoms with van der Waals surface area (Å²) in [6.45, 7) is -4.18. The lowest BCUT2D eigenvalue weighted by Crippen LogP contribution is -2.22. The Morgan fingerprint density at radius 3 is 1.70 bits per heavy atom. The van der Waals surface area contributed by atoms with E-state index >= 15 is 0 Å². The van der Waals surface area contributed by atoms with Crippen LogP contribution in [-0.2, 0) is 0 Å². The van der Waals surface area contributed by atoms with Gasteiger partial charge in [0.15, 0.2) is 0 Å². The minimum Gasteiger partial charge on any atom is -0.311 e. The van der Waals surface area contributed by atoms with Crippen LogP contribution in [-0.4, -0.2) is 0 Å². The van der Waals surface area contributed by atoms with Gasteiger partial charge in [-0.1, -0.05) is 176 Å². The van der Waals surface area contributed by atoms with Crippen molar-refractivity contribution in [2.75, 3.05) is 9.80 Å². The molecule has 0 fully saturated rings. The zero-order valence-electron chi connectivity index (χ0n) is 67.9. The molecule has 0 spiro atoms. The minimum absolute atomic E-state index is 0.171. The molecule has 0 saturated carbocycles. The fourth-order valence-corrected chi connectivity index (χ4v) is 5.93. The van der Waals surface area contributed by atoms with E-state index in [1.54, 1.807) is 0 Å². The molecular weight excluding hydrogens is 677 g/mol. The SMILES string of the molecule is [2H]c1c([2H])c([2H])c(-c2c([2H])c([2H])c(N(c3c([2H])c([2H])c([2H])c([2H])c3[2H])c3c([2H])c([2H])c(-c4c([2H])c([2H])c([2H])c5c4C([2H])(C([2H])([2H])[2H])c4c([2H])c([2H])c([2H])c([2H])c4N5c4c(-c5c([2H])c([2H])c([2H])c([2H])c5[2H])c([2H])c([2H])c5c([2H])c([2H])c([2H])c([2H])c45)c([2H])c3[2H])c([2H])c2[2H])c([2H])c1[2H]. The van der Waals surface area contributed by atoms with Crippen molar-refractivity contribution in [3.05, 3.63) is 229 Å². The fraction of sp³-hybridized carbons (Fsp3) is 0.0370. The van der Waals surface area contributed by atoms with E-state index in [0.717, 1.165) is 0 Å². The summed E-state index contributed by atoms with van der Waals surface area (Å²) >= 11 is 0. The summed E-state index contributed by atoms with van der Waals surface area (Å²) in [6, 6.07) is -45.5. The zero-order chi connectivity index (χ0) is 72.2. The molecule has 9 aromatic rings. The Kier molecular flexibility index (Phi) is 2.97. The monoisotopic (exact) mass is 757 g/mol. The maximum Gasteiger partial charge on any atom is 0.0645 e. The molecule has 0 N–H and O–H groups in total. The molecule has 0 aliphatic carbocycles. The van der Waals surface area contributed by atoms with E-state index in [9.17, 15) is 30.2 Å². The Hall–Kier alpha value is -7.16. The smallest absolute Gasteiger partial charge is 0.0645 e. The van der Waals surface area contributed by atoms with Gasteiger partial charge in [0, 0.05) is 45.1 Å². The summed E-state index contributed by atoms with van der Waals surface area (Å²) < 4.78 is 366. The molecule has 56 heavy (non-hydrogen) atoms. The summed E-state index contributed by atoms with van der Waals surface area (Å²) in [5, 5.41) is -2.00. The third-order valence-corrected chi connectivity index (χ3v) is 8.30. The molecule has 0 bridgehead atoms. The molecule has 1 unspecified atom stereocenters. The van der Waals surface area contributed by atoms with Gasteiger partial charge in [-0.25, -0.2) is 0 Å². The van der Waals surface area contributed by atoms with Crippen molar-refractivity contribution < 1.29 is 54.8 Å². The van der Waals surface area contributed by atoms with Crippen LogP contribution in [0.4, 0.5) is 34.1 Å². The number of nitrogens with zero attached hydrogens (tertiary/aromatic N) is 2. The van der Waals surface area contributed by atoms with Crippen LogP contribution in [0.15, 0.2) is 218 Å². The topological polar surface area (TPSA) is 6.48 Å². The Bertz CT molecular complexity index is 4950. The number of rotatable bonds is 7. The number of para-hydroxylation sites is 2. The average Bonchev–Trinajstić information content (AvgIpc) is 0.669. The van der Waals surface area contributed by atoms with Crippen molar-refractivity contribution in [1.82, 2.24) is 0 Å². The molecular formula is C54H40N2. The van der Waals surface area contributed by atoms with Gasteiger partial charge in [-0.15, -0.1) is 0 Å². The average molecular weight is 757 g/mol. The Morgan fingerprint density at radius 2 is 0.982 bits per heavy atom. The third kappa shape index (κ3) is 5.84. The van der Waals surface area contributed by atoms with Crippen LogP contribution in [0.3, 0.4) is 0 Å². The molecule has 0 saturated heterocycles. The van der Waals surface area contributed by atoms with E-state index < -0.39 is 320 Å². The van der Waals surface area contributed by atoms with Crippen LogP contribution in [0.2, 0.25) is 0 Å². The molecule has 0 radical (unpaired) electrons. The second-order valence-electron chi connectivity index (χ2n) is 11.4. The van der Waals surface area contributed by atoms with E-state index in [1.807, 2.05) is 0 Å². The first kappa shape index (κ1) is 11.7. The maximum atomic E-state index is 10.5. The molecule has 1 aliphatic rings. The second-order valence-corrected chi connectivity index (χ2v) is 11.4. The highest BCUT2D eigenvalue weighted by atomic mass is 15.2. The number of hydrogen-bond acceptors (Lipinski definition) is 2. The van der Waals surface area contributed by atoms with Crippen molar-refractivity contribution in [3.8, 4) is 33.4 Å². The highest BCUT2D eigenvalue weighted by Crippen LogP contribution is 2.55. The van der Waals surface area contributed by atoms with Gasteiger partial charge in [-0.3, -0.25) is 0 Å². The standard InChI is InChI=1S/C54H40N2/c1-38-47-23-13-14-26-51(47)56(54-49-24-12-11-20-42(49)32-37-50(54)41-18-7-3-8-19-41)52-27-15-25-48(53(38)52)43-30-35-46(36-31-43)55(44-21-9-4-10-22-44)45-33-28-40(29-34-45)39-16-5-2-6-17-39/h2-38H,1H3/i1D3,2D,3D,4D,5D,6D,7D,8D,9D,10D,11D,12D,13D,14D,15D,16D,17D,18D,19D,20D,21D,22D,23D,24D,25D,26D,27D,28D,29D,30D,31D,32D,33D,34D,35D,36D,37D,38D. The molecule has 1 atom stereocenters. The van der Waals surface area contributed by atoms with Crippen molar-refractivity contribution in [3.63, 3.8) is 0 Å². The van der Waals surface area contributed by atoms with Gasteiger partial charge in [0.25, 0.3) is 0 Å². The minimum atomic E-state index is -4.18. The Balaban J connectivity index is 1.47. The first-order chi connectivity index (χ1) is 44.3. The van der Waals surface area contributed by atoms with E-state index in [0.29, 0.717) is 4.90 Å². The van der Waals surface area contributed by atoms with Gasteiger partial charge < -0.3 is 9.80 Å². The lowest BCUT2D eigenvalue weighted by molar-refractivity contribution is 0.895. The molecule has 10 rings (SSSR count). The van der Waals surface area contributed by atoms with Gasteiger partial charge in [-0.05, 0) is 92.7 Å². The number of benzene rings is 9. The lowest BCUT2D eigenvalue weighted by Gasteiger charge is -2.39. The van der Waals surface area contributed by atoms with E-state index in [4.69, 9.17) is 24.7 Å². The van der Waals surface area contributed by atoms with Gasteiger partial charge >= 0.3 is 0 Å². The molecule has 9 aromatic carbocycles. The van der Waals surface area contributed by atoms with Crippen LogP contribution in [0.1, 0.15) is 78.7 Å². The summed E-state index contributed by atoms with van der Waals surface area (Å²) in [4.78, 5) is 0.507. The summed E-state index contributed by atoms with van der Waals surface area (Å²) in [6.07, 6.45) is 0. The normalized spacial score (nSPS) is 24.8. The van der Waals surface area contributed by atoms with Gasteiger partial charge in [0.2, 0.25) is 0 Å². The molecule has 1 heterocycles. The number of fused-ring (bicyclic) bond motifs is 3. The Morgan fingerprint density at radius 1 is 0.446 bits per heavy atom. The zero-order valence-corrected chi connectivity index (χ0v) is 27.9. The first-order valence-corrected chi connectivity index (χ1v) is 16.1. The summed E-state index contributed by atoms with van der Waals surface area (Å²) in [7, 11) is 0. The summed E-state index contributed by atoms with van der Waals surface area (Å²) in [5.41, 5.74) is -17.7. The largest absolute Gasteiger partial charge is 0.311 e.